The third-order valence-corrected chi connectivity index (χ3v) is 8.26. The van der Waals surface area contributed by atoms with Crippen LogP contribution in [0.1, 0.15) is 28.7 Å². The minimum absolute atomic E-state index is 0.103. The van der Waals surface area contributed by atoms with Crippen LogP contribution in [0, 0.1) is 23.2 Å². The Hall–Kier alpha value is -3.49. The van der Waals surface area contributed by atoms with E-state index in [9.17, 15) is 15.0 Å². The summed E-state index contributed by atoms with van der Waals surface area (Å²) < 4.78 is 7.91. The first-order chi connectivity index (χ1) is 17.9. The highest BCUT2D eigenvalue weighted by Gasteiger charge is 2.76. The number of fused-ring (bicyclic) bond motifs is 2. The Labute approximate surface area is 221 Å². The number of nitrogens with one attached hydrogen (secondary N) is 1. The largest absolute Gasteiger partial charge is 0.460 e. The van der Waals surface area contributed by atoms with Crippen LogP contribution in [0.2, 0.25) is 4.34 Å². The molecule has 2 aliphatic rings. The van der Waals surface area contributed by atoms with Crippen LogP contribution in [0.25, 0.3) is 11.2 Å². The number of nitrogens with zero attached hydrogens (tertiary/aromatic N) is 4. The summed E-state index contributed by atoms with van der Waals surface area (Å²) in [5.74, 6) is 5.88. The van der Waals surface area contributed by atoms with Gasteiger partial charge >= 0.3 is 5.97 Å². The molecule has 4 aromatic rings. The summed E-state index contributed by atoms with van der Waals surface area (Å²) in [6.07, 6.45) is -0.507. The summed E-state index contributed by atoms with van der Waals surface area (Å²) in [6, 6.07) is 12.3. The minimum atomic E-state index is -1.27. The Balaban J connectivity index is 1.31. The Morgan fingerprint density at radius 3 is 2.78 bits per heavy atom. The number of thiophene rings is 1. The molecule has 0 unspecified atom stereocenters. The number of aromatic nitrogens is 4. The molecule has 2 saturated carbocycles. The number of hydrogen-bond acceptors (Lipinski definition) is 9. The molecule has 9 nitrogen and oxygen atoms in total. The number of hydrogen-bond donors (Lipinski definition) is 3. The van der Waals surface area contributed by atoms with Crippen molar-refractivity contribution in [3.63, 3.8) is 0 Å². The zero-order valence-corrected chi connectivity index (χ0v) is 21.2. The third-order valence-electron chi connectivity index (χ3n) is 7.12. The molecule has 0 amide bonds. The fraction of sp³-hybridized carbons (Fsp3) is 0.308. The van der Waals surface area contributed by atoms with E-state index in [1.807, 2.05) is 36.4 Å². The van der Waals surface area contributed by atoms with E-state index in [-0.39, 0.29) is 18.3 Å². The Bertz CT molecular complexity index is 1560. The van der Waals surface area contributed by atoms with Crippen molar-refractivity contribution in [3.8, 4) is 11.8 Å². The van der Waals surface area contributed by atoms with E-state index >= 15 is 0 Å². The first-order valence-electron chi connectivity index (χ1n) is 11.7. The number of halogens is 1. The second-order valence-corrected chi connectivity index (χ2v) is 10.9. The summed E-state index contributed by atoms with van der Waals surface area (Å²) >= 11 is 7.35. The number of esters is 1. The molecule has 0 saturated heterocycles. The molecule has 3 aromatic heterocycles. The van der Waals surface area contributed by atoms with Gasteiger partial charge < -0.3 is 24.8 Å². The van der Waals surface area contributed by atoms with Crippen LogP contribution in [0.5, 0.6) is 0 Å². The first-order valence-corrected chi connectivity index (χ1v) is 12.9. The van der Waals surface area contributed by atoms with E-state index in [1.54, 1.807) is 24.0 Å². The predicted molar refractivity (Wildman–Crippen MR) is 138 cm³/mol. The summed E-state index contributed by atoms with van der Waals surface area (Å²) in [6.45, 7) is 0.103. The predicted octanol–water partition coefficient (Wildman–Crippen LogP) is 3.01. The van der Waals surface area contributed by atoms with Crippen molar-refractivity contribution < 1.29 is 19.7 Å². The summed E-state index contributed by atoms with van der Waals surface area (Å²) in [7, 11) is 1.72. The van der Waals surface area contributed by atoms with Gasteiger partial charge in [0.05, 0.1) is 27.7 Å². The molecule has 11 heteroatoms. The van der Waals surface area contributed by atoms with Gasteiger partial charge in [0.15, 0.2) is 17.0 Å². The number of ether oxygens (including phenoxy) is 1. The van der Waals surface area contributed by atoms with Gasteiger partial charge in [-0.2, -0.15) is 0 Å². The standard InChI is InChI=1S/C26H22ClN5O4S/c1-28-23-19-24(31-18(30-23)10-8-15-7-9-17(27)37-15)32(13-29-19)20-16-11-26(16,22(34)21(20)33)25(35)36-12-14-5-3-2-4-6-14/h2-7,9,13,16,20-22,33-34H,11-12H2,1H3,(H,28,30,31)/t16-,20-,21+,22+,26+/m1/s1. The van der Waals surface area contributed by atoms with Gasteiger partial charge in [-0.05, 0) is 36.0 Å². The second kappa shape index (κ2) is 9.11. The smallest absolute Gasteiger partial charge is 0.315 e. The number of carbonyl (C=O) groups is 1. The van der Waals surface area contributed by atoms with Crippen LogP contribution >= 0.6 is 22.9 Å². The summed E-state index contributed by atoms with van der Waals surface area (Å²) in [5, 5.41) is 25.0. The molecule has 5 atom stereocenters. The molecule has 6 rings (SSSR count). The molecule has 0 aliphatic heterocycles. The SMILES string of the molecule is CNc1nc(C#Cc2ccc(Cl)s2)nc2c1ncn2[C@H]1[C@H](O)[C@H](O)[C@]2(C(=O)OCc3ccccc3)C[C@H]12. The van der Waals surface area contributed by atoms with Crippen molar-refractivity contribution in [2.45, 2.75) is 31.3 Å². The number of anilines is 1. The van der Waals surface area contributed by atoms with Gasteiger partial charge in [0, 0.05) is 13.0 Å². The van der Waals surface area contributed by atoms with Crippen LogP contribution in [0.15, 0.2) is 48.8 Å². The van der Waals surface area contributed by atoms with E-state index < -0.39 is 29.6 Å². The fourth-order valence-corrected chi connectivity index (χ4v) is 6.13. The summed E-state index contributed by atoms with van der Waals surface area (Å²) in [4.78, 5) is 27.4. The van der Waals surface area contributed by atoms with Gasteiger partial charge in [-0.25, -0.2) is 15.0 Å². The van der Waals surface area contributed by atoms with Gasteiger partial charge in [-0.15, -0.1) is 11.3 Å². The van der Waals surface area contributed by atoms with E-state index in [1.165, 1.54) is 11.3 Å². The molecule has 37 heavy (non-hydrogen) atoms. The lowest BCUT2D eigenvalue weighted by atomic mass is 9.99. The quantitative estimate of drug-likeness (QED) is 0.263. The molecule has 1 aromatic carbocycles. The van der Waals surface area contributed by atoms with Gasteiger partial charge in [0.25, 0.3) is 0 Å². The molecule has 0 radical (unpaired) electrons. The maximum atomic E-state index is 13.1. The van der Waals surface area contributed by atoms with Gasteiger partial charge in [-0.1, -0.05) is 41.9 Å². The molecule has 3 N–H and O–H groups in total. The van der Waals surface area contributed by atoms with Crippen molar-refractivity contribution in [3.05, 3.63) is 69.4 Å². The molecular weight excluding hydrogens is 514 g/mol. The van der Waals surface area contributed by atoms with E-state index in [0.29, 0.717) is 27.7 Å². The monoisotopic (exact) mass is 535 g/mol. The van der Waals surface area contributed by atoms with Gasteiger partial charge in [0.1, 0.15) is 18.1 Å². The molecule has 3 heterocycles. The maximum absolute atomic E-state index is 13.1. The van der Waals surface area contributed by atoms with Crippen LogP contribution in [-0.4, -0.2) is 55.0 Å². The van der Waals surface area contributed by atoms with Crippen molar-refractivity contribution >= 4 is 45.9 Å². The second-order valence-electron chi connectivity index (χ2n) is 9.16. The topological polar surface area (TPSA) is 122 Å². The highest BCUT2D eigenvalue weighted by molar-refractivity contribution is 7.16. The lowest BCUT2D eigenvalue weighted by Crippen LogP contribution is -2.38. The molecule has 0 bridgehead atoms. The molecular formula is C26H22ClN5O4S. The molecule has 0 spiro atoms. The van der Waals surface area contributed by atoms with Gasteiger partial charge in [-0.3, -0.25) is 4.79 Å². The zero-order valence-electron chi connectivity index (χ0n) is 19.6. The highest BCUT2D eigenvalue weighted by Crippen LogP contribution is 2.68. The minimum Gasteiger partial charge on any atom is -0.460 e. The number of aliphatic hydroxyl groups is 2. The Morgan fingerprint density at radius 2 is 2.05 bits per heavy atom. The van der Waals surface area contributed by atoms with Crippen molar-refractivity contribution in [1.82, 2.24) is 19.5 Å². The van der Waals surface area contributed by atoms with E-state index in [4.69, 9.17) is 16.3 Å². The average molecular weight is 536 g/mol. The molecule has 188 valence electrons. The average Bonchev–Trinajstić information content (AvgIpc) is 3.16. The Morgan fingerprint density at radius 1 is 1.24 bits per heavy atom. The van der Waals surface area contributed by atoms with Crippen molar-refractivity contribution in [2.75, 3.05) is 12.4 Å². The number of carbonyl (C=O) groups excluding carboxylic acids is 1. The Kier molecular flexibility index (Phi) is 5.88. The van der Waals surface area contributed by atoms with Crippen molar-refractivity contribution in [2.24, 2.45) is 11.3 Å². The van der Waals surface area contributed by atoms with E-state index in [2.05, 4.69) is 32.1 Å². The number of imidazole rings is 1. The van der Waals surface area contributed by atoms with Crippen LogP contribution in [-0.2, 0) is 16.1 Å². The zero-order chi connectivity index (χ0) is 25.7. The van der Waals surface area contributed by atoms with Crippen molar-refractivity contribution in [1.29, 1.82) is 0 Å². The fourth-order valence-electron chi connectivity index (χ4n) is 5.24. The third kappa shape index (κ3) is 3.95. The lowest BCUT2D eigenvalue weighted by Gasteiger charge is -2.23. The summed E-state index contributed by atoms with van der Waals surface area (Å²) in [5.41, 5.74) is 0.641. The lowest BCUT2D eigenvalue weighted by molar-refractivity contribution is -0.158. The number of benzene rings is 1. The normalized spacial score (nSPS) is 25.8. The molecule has 2 aliphatic carbocycles. The molecule has 2 fully saturated rings. The first kappa shape index (κ1) is 23.9. The maximum Gasteiger partial charge on any atom is 0.315 e. The van der Waals surface area contributed by atoms with Crippen LogP contribution in [0.4, 0.5) is 5.82 Å². The van der Waals surface area contributed by atoms with E-state index in [0.717, 1.165) is 10.4 Å². The van der Waals surface area contributed by atoms with Crippen LogP contribution < -0.4 is 5.32 Å². The van der Waals surface area contributed by atoms with Gasteiger partial charge in [0.2, 0.25) is 5.82 Å². The number of aliphatic hydroxyl groups excluding tert-OH is 2. The highest BCUT2D eigenvalue weighted by atomic mass is 35.5. The van der Waals surface area contributed by atoms with Crippen LogP contribution in [0.3, 0.4) is 0 Å². The number of rotatable bonds is 5.